The molecule has 0 aliphatic carbocycles. The predicted molar refractivity (Wildman–Crippen MR) is 101 cm³/mol. The first kappa shape index (κ1) is 17.0. The van der Waals surface area contributed by atoms with E-state index in [0.717, 1.165) is 17.1 Å². The Balaban J connectivity index is 1.67. The highest BCUT2D eigenvalue weighted by atomic mass is 16.7. The number of ether oxygens (including phenoxy) is 2. The van der Waals surface area contributed by atoms with Crippen molar-refractivity contribution in [2.45, 2.75) is 13.0 Å². The lowest BCUT2D eigenvalue weighted by Crippen LogP contribution is -2.21. The Bertz CT molecular complexity index is 936. The summed E-state index contributed by atoms with van der Waals surface area (Å²) < 4.78 is 10.8. The van der Waals surface area contributed by atoms with Crippen LogP contribution in [0, 0.1) is 0 Å². The molecule has 0 bridgehead atoms. The minimum atomic E-state index is -0.178. The molecule has 0 amide bonds. The van der Waals surface area contributed by atoms with Gasteiger partial charge in [-0.3, -0.25) is 4.98 Å². The molecule has 8 nitrogen and oxygen atoms in total. The second-order valence-corrected chi connectivity index (χ2v) is 6.10. The minimum absolute atomic E-state index is 0.0257. The van der Waals surface area contributed by atoms with Crippen LogP contribution in [0.3, 0.4) is 0 Å². The van der Waals surface area contributed by atoms with E-state index in [1.54, 1.807) is 6.20 Å². The highest BCUT2D eigenvalue weighted by Gasteiger charge is 2.14. The molecule has 27 heavy (non-hydrogen) atoms. The maximum absolute atomic E-state index is 9.30. The zero-order valence-corrected chi connectivity index (χ0v) is 14.7. The average molecular weight is 365 g/mol. The van der Waals surface area contributed by atoms with E-state index in [-0.39, 0.29) is 19.4 Å². The molecule has 1 aromatic carbocycles. The third kappa shape index (κ3) is 3.90. The third-order valence-corrected chi connectivity index (χ3v) is 3.95. The van der Waals surface area contributed by atoms with Crippen LogP contribution in [0.5, 0.6) is 11.5 Å². The van der Waals surface area contributed by atoms with E-state index in [4.69, 9.17) is 9.47 Å². The molecule has 138 valence electrons. The first-order valence-corrected chi connectivity index (χ1v) is 8.56. The smallest absolute Gasteiger partial charge is 0.231 e. The maximum atomic E-state index is 9.30. The van der Waals surface area contributed by atoms with Crippen molar-refractivity contribution in [1.82, 2.24) is 15.0 Å². The number of fused-ring (bicyclic) bond motifs is 1. The van der Waals surface area contributed by atoms with Crippen molar-refractivity contribution >= 4 is 17.5 Å². The van der Waals surface area contributed by atoms with E-state index < -0.39 is 0 Å². The molecule has 2 aromatic heterocycles. The summed E-state index contributed by atoms with van der Waals surface area (Å²) in [6, 6.07) is 12.9. The second-order valence-electron chi connectivity index (χ2n) is 6.10. The molecule has 1 aliphatic rings. The lowest BCUT2D eigenvalue weighted by Gasteiger charge is -2.14. The summed E-state index contributed by atoms with van der Waals surface area (Å²) in [6.45, 7) is 2.05. The van der Waals surface area contributed by atoms with Gasteiger partial charge in [0.25, 0.3) is 0 Å². The van der Waals surface area contributed by atoms with Crippen molar-refractivity contribution in [3.8, 4) is 22.9 Å². The number of nitrogens with zero attached hydrogens (tertiary/aromatic N) is 3. The Morgan fingerprint density at radius 2 is 1.96 bits per heavy atom. The molecule has 3 heterocycles. The Labute approximate surface area is 156 Å². The van der Waals surface area contributed by atoms with Crippen molar-refractivity contribution in [2.75, 3.05) is 24.0 Å². The molecule has 0 saturated carbocycles. The maximum Gasteiger partial charge on any atom is 0.231 e. The third-order valence-electron chi connectivity index (χ3n) is 3.95. The monoisotopic (exact) mass is 365 g/mol. The highest BCUT2D eigenvalue weighted by Crippen LogP contribution is 2.35. The van der Waals surface area contributed by atoms with Gasteiger partial charge in [0, 0.05) is 30.1 Å². The predicted octanol–water partition coefficient (Wildman–Crippen LogP) is 2.80. The lowest BCUT2D eigenvalue weighted by atomic mass is 10.2. The van der Waals surface area contributed by atoms with Crippen LogP contribution in [0.2, 0.25) is 0 Å². The van der Waals surface area contributed by atoms with E-state index in [0.29, 0.717) is 23.2 Å². The van der Waals surface area contributed by atoms with Gasteiger partial charge in [-0.25, -0.2) is 4.98 Å². The van der Waals surface area contributed by atoms with Crippen LogP contribution in [-0.2, 0) is 0 Å². The fraction of sp³-hybridized carbons (Fsp3) is 0.211. The fourth-order valence-electron chi connectivity index (χ4n) is 2.61. The zero-order chi connectivity index (χ0) is 18.6. The van der Waals surface area contributed by atoms with Crippen LogP contribution in [0.1, 0.15) is 6.92 Å². The number of benzene rings is 1. The number of nitrogens with one attached hydrogen (secondary N) is 2. The number of aromatic nitrogens is 3. The molecule has 8 heteroatoms. The molecule has 0 fully saturated rings. The number of rotatable bonds is 6. The second kappa shape index (κ2) is 7.46. The number of hydrogen-bond acceptors (Lipinski definition) is 8. The minimum Gasteiger partial charge on any atom is -0.454 e. The molecule has 1 atom stereocenters. The van der Waals surface area contributed by atoms with Crippen molar-refractivity contribution in [2.24, 2.45) is 0 Å². The quantitative estimate of drug-likeness (QED) is 0.613. The molecule has 0 spiro atoms. The van der Waals surface area contributed by atoms with Gasteiger partial charge in [0.2, 0.25) is 12.7 Å². The normalized spacial score (nSPS) is 13.3. The number of pyridine rings is 1. The molecule has 0 radical (unpaired) electrons. The van der Waals surface area contributed by atoms with Gasteiger partial charge in [-0.05, 0) is 31.2 Å². The summed E-state index contributed by atoms with van der Waals surface area (Å²) in [5.74, 6) is 2.41. The molecule has 3 N–H and O–H groups in total. The Morgan fingerprint density at radius 3 is 2.78 bits per heavy atom. The summed E-state index contributed by atoms with van der Waals surface area (Å²) in [7, 11) is 0. The highest BCUT2D eigenvalue weighted by molar-refractivity contribution is 5.67. The van der Waals surface area contributed by atoms with Crippen molar-refractivity contribution in [1.29, 1.82) is 0 Å². The van der Waals surface area contributed by atoms with E-state index >= 15 is 0 Å². The SMILES string of the molecule is C[C@@H](CO)Nc1nc(Nc2ccc3c(c2)OCO3)cc(-c2ccccn2)n1. The molecular formula is C19H19N5O3. The summed E-state index contributed by atoms with van der Waals surface area (Å²) >= 11 is 0. The molecule has 0 unspecified atom stereocenters. The largest absolute Gasteiger partial charge is 0.454 e. The average Bonchev–Trinajstić information content (AvgIpc) is 3.16. The Kier molecular flexibility index (Phi) is 4.71. The van der Waals surface area contributed by atoms with Crippen molar-refractivity contribution < 1.29 is 14.6 Å². The van der Waals surface area contributed by atoms with E-state index in [9.17, 15) is 5.11 Å². The van der Waals surface area contributed by atoms with Gasteiger partial charge in [-0.1, -0.05) is 6.07 Å². The van der Waals surface area contributed by atoms with E-state index in [2.05, 4.69) is 25.6 Å². The fourth-order valence-corrected chi connectivity index (χ4v) is 2.61. The zero-order valence-electron chi connectivity index (χ0n) is 14.7. The van der Waals surface area contributed by atoms with E-state index in [1.165, 1.54) is 0 Å². The van der Waals surface area contributed by atoms with Gasteiger partial charge in [-0.15, -0.1) is 0 Å². The first-order valence-electron chi connectivity index (χ1n) is 8.56. The molecule has 1 aliphatic heterocycles. The summed E-state index contributed by atoms with van der Waals surface area (Å²) in [5, 5.41) is 15.6. The first-order chi connectivity index (χ1) is 13.2. The van der Waals surface area contributed by atoms with Crippen LogP contribution < -0.4 is 20.1 Å². The van der Waals surface area contributed by atoms with Crippen LogP contribution in [0.25, 0.3) is 11.4 Å². The van der Waals surface area contributed by atoms with E-state index in [1.807, 2.05) is 49.4 Å². The standard InChI is InChI=1S/C19H19N5O3/c1-12(10-25)21-19-23-15(14-4-2-3-7-20-14)9-18(24-19)22-13-5-6-16-17(8-13)27-11-26-16/h2-9,12,25H,10-11H2,1H3,(H2,21,22,23,24)/t12-/m0/s1. The van der Waals surface area contributed by atoms with Gasteiger partial charge in [-0.2, -0.15) is 4.98 Å². The number of anilines is 3. The summed E-state index contributed by atoms with van der Waals surface area (Å²) in [5.41, 5.74) is 2.21. The molecule has 0 saturated heterocycles. The molecular weight excluding hydrogens is 346 g/mol. The number of aliphatic hydroxyl groups is 1. The Morgan fingerprint density at radius 1 is 1.07 bits per heavy atom. The van der Waals surface area contributed by atoms with Gasteiger partial charge < -0.3 is 25.2 Å². The summed E-state index contributed by atoms with van der Waals surface area (Å²) in [6.07, 6.45) is 1.71. The topological polar surface area (TPSA) is 101 Å². The number of aliphatic hydroxyl groups excluding tert-OH is 1. The van der Waals surface area contributed by atoms with Gasteiger partial charge in [0.05, 0.1) is 18.0 Å². The van der Waals surface area contributed by atoms with Crippen molar-refractivity contribution in [3.05, 3.63) is 48.7 Å². The van der Waals surface area contributed by atoms with Crippen LogP contribution in [0.15, 0.2) is 48.7 Å². The lowest BCUT2D eigenvalue weighted by molar-refractivity contribution is 0.174. The van der Waals surface area contributed by atoms with Gasteiger partial charge in [0.1, 0.15) is 5.82 Å². The summed E-state index contributed by atoms with van der Waals surface area (Å²) in [4.78, 5) is 13.4. The molecule has 4 rings (SSSR count). The van der Waals surface area contributed by atoms with Gasteiger partial charge in [0.15, 0.2) is 11.5 Å². The molecule has 3 aromatic rings. The number of hydrogen-bond donors (Lipinski definition) is 3. The van der Waals surface area contributed by atoms with Gasteiger partial charge >= 0.3 is 0 Å². The van der Waals surface area contributed by atoms with Crippen LogP contribution in [-0.4, -0.2) is 39.5 Å². The van der Waals surface area contributed by atoms with Crippen LogP contribution >= 0.6 is 0 Å². The Hall–Kier alpha value is -3.39. The van der Waals surface area contributed by atoms with Crippen LogP contribution in [0.4, 0.5) is 17.5 Å². The van der Waals surface area contributed by atoms with Crippen molar-refractivity contribution in [3.63, 3.8) is 0 Å².